The third kappa shape index (κ3) is 1.61. The van der Waals surface area contributed by atoms with E-state index in [-0.39, 0.29) is 0 Å². The number of nitrogens with zero attached hydrogens (tertiary/aromatic N) is 1. The largest absolute Gasteiger partial charge is 0.323 e. The molecule has 1 aromatic carbocycles. The van der Waals surface area contributed by atoms with Gasteiger partial charge in [0.05, 0.1) is 11.3 Å². The van der Waals surface area contributed by atoms with Crippen LogP contribution in [-0.4, -0.2) is 0 Å². The summed E-state index contributed by atoms with van der Waals surface area (Å²) in [4.78, 5) is 0. The van der Waals surface area contributed by atoms with E-state index in [1.165, 1.54) is 0 Å². The fourth-order valence-electron chi connectivity index (χ4n) is 0.733. The molecule has 0 fully saturated rings. The van der Waals surface area contributed by atoms with Crippen LogP contribution in [0.3, 0.4) is 0 Å². The first-order chi connectivity index (χ1) is 5.27. The molecule has 0 spiro atoms. The van der Waals surface area contributed by atoms with Gasteiger partial charge < -0.3 is 5.43 Å². The van der Waals surface area contributed by atoms with Crippen molar-refractivity contribution in [1.82, 2.24) is 0 Å². The highest BCUT2D eigenvalue weighted by Crippen LogP contribution is 2.18. The van der Waals surface area contributed by atoms with Crippen molar-refractivity contribution >= 4 is 17.3 Å². The Hall–Kier alpha value is -1.24. The Balaban J connectivity index is 3.19. The standard InChI is InChI=1S/C7H6ClN3/c8-6-2-1-5(4-9)7(3-6)11-10/h1-3,11H,10H2. The monoisotopic (exact) mass is 167 g/mol. The molecule has 0 saturated carbocycles. The van der Waals surface area contributed by atoms with E-state index < -0.39 is 0 Å². The number of nitrogen functional groups attached to an aromatic ring is 1. The molecule has 0 bridgehead atoms. The third-order valence-electron chi connectivity index (χ3n) is 1.26. The summed E-state index contributed by atoms with van der Waals surface area (Å²) in [6.07, 6.45) is 0. The predicted octanol–water partition coefficient (Wildman–Crippen LogP) is 1.50. The summed E-state index contributed by atoms with van der Waals surface area (Å²) in [6, 6.07) is 6.82. The smallest absolute Gasteiger partial charge is 0.101 e. The van der Waals surface area contributed by atoms with Gasteiger partial charge in [-0.1, -0.05) is 11.6 Å². The molecule has 3 nitrogen and oxygen atoms in total. The van der Waals surface area contributed by atoms with Crippen molar-refractivity contribution < 1.29 is 0 Å². The first-order valence-electron chi connectivity index (χ1n) is 2.94. The van der Waals surface area contributed by atoms with Crippen LogP contribution in [0.5, 0.6) is 0 Å². The molecule has 0 radical (unpaired) electrons. The van der Waals surface area contributed by atoms with Gasteiger partial charge in [0.2, 0.25) is 0 Å². The number of anilines is 1. The van der Waals surface area contributed by atoms with Gasteiger partial charge in [0.15, 0.2) is 0 Å². The molecule has 56 valence electrons. The van der Waals surface area contributed by atoms with Gasteiger partial charge in [-0.3, -0.25) is 5.84 Å². The molecular weight excluding hydrogens is 162 g/mol. The van der Waals surface area contributed by atoms with Crippen molar-refractivity contribution in [3.8, 4) is 6.07 Å². The number of nitrogens with two attached hydrogens (primary N) is 1. The minimum absolute atomic E-state index is 0.483. The average Bonchev–Trinajstić information content (AvgIpc) is 2.04. The minimum Gasteiger partial charge on any atom is -0.323 e. The summed E-state index contributed by atoms with van der Waals surface area (Å²) < 4.78 is 0. The van der Waals surface area contributed by atoms with Crippen molar-refractivity contribution in [2.24, 2.45) is 5.84 Å². The Labute approximate surface area is 69.4 Å². The molecule has 0 aliphatic carbocycles. The van der Waals surface area contributed by atoms with Crippen LogP contribution in [0.25, 0.3) is 0 Å². The van der Waals surface area contributed by atoms with Gasteiger partial charge in [-0.05, 0) is 18.2 Å². The van der Waals surface area contributed by atoms with Crippen LogP contribution in [0.15, 0.2) is 18.2 Å². The number of hydrazine groups is 1. The number of halogens is 1. The number of hydrogen-bond acceptors (Lipinski definition) is 3. The Morgan fingerprint density at radius 2 is 2.27 bits per heavy atom. The summed E-state index contributed by atoms with van der Waals surface area (Å²) in [5.41, 5.74) is 3.41. The molecule has 3 N–H and O–H groups in total. The van der Waals surface area contributed by atoms with E-state index >= 15 is 0 Å². The first-order valence-corrected chi connectivity index (χ1v) is 3.32. The predicted molar refractivity (Wildman–Crippen MR) is 44.0 cm³/mol. The molecule has 4 heteroatoms. The topological polar surface area (TPSA) is 61.8 Å². The van der Waals surface area contributed by atoms with Gasteiger partial charge in [-0.2, -0.15) is 5.26 Å². The number of nitriles is 1. The molecule has 0 atom stereocenters. The van der Waals surface area contributed by atoms with E-state index in [1.807, 2.05) is 6.07 Å². The van der Waals surface area contributed by atoms with Crippen LogP contribution < -0.4 is 11.3 Å². The van der Waals surface area contributed by atoms with E-state index in [1.54, 1.807) is 18.2 Å². The molecule has 1 aromatic rings. The van der Waals surface area contributed by atoms with Gasteiger partial charge in [0.25, 0.3) is 0 Å². The van der Waals surface area contributed by atoms with E-state index in [2.05, 4.69) is 5.43 Å². The fraction of sp³-hybridized carbons (Fsp3) is 0. The minimum atomic E-state index is 0.483. The number of nitrogens with one attached hydrogen (secondary N) is 1. The quantitative estimate of drug-likeness (QED) is 0.492. The number of hydrogen-bond donors (Lipinski definition) is 2. The second kappa shape index (κ2) is 3.24. The maximum absolute atomic E-state index is 8.55. The normalized spacial score (nSPS) is 8.82. The second-order valence-electron chi connectivity index (χ2n) is 1.95. The lowest BCUT2D eigenvalue weighted by atomic mass is 10.2. The Morgan fingerprint density at radius 3 is 2.82 bits per heavy atom. The zero-order valence-corrected chi connectivity index (χ0v) is 6.39. The summed E-state index contributed by atoms with van der Waals surface area (Å²) in [5, 5.41) is 9.10. The fourth-order valence-corrected chi connectivity index (χ4v) is 0.905. The lowest BCUT2D eigenvalue weighted by Crippen LogP contribution is -2.08. The number of rotatable bonds is 1. The van der Waals surface area contributed by atoms with Gasteiger partial charge in [0, 0.05) is 5.02 Å². The van der Waals surface area contributed by atoms with Gasteiger partial charge in [-0.15, -0.1) is 0 Å². The molecule has 1 rings (SSSR count). The van der Waals surface area contributed by atoms with Crippen LogP contribution in [0.2, 0.25) is 5.02 Å². The van der Waals surface area contributed by atoms with E-state index in [9.17, 15) is 0 Å². The maximum Gasteiger partial charge on any atom is 0.101 e. The Bertz CT molecular complexity index is 303. The molecule has 0 unspecified atom stereocenters. The molecule has 0 heterocycles. The van der Waals surface area contributed by atoms with Crippen molar-refractivity contribution in [3.63, 3.8) is 0 Å². The summed E-state index contributed by atoms with van der Waals surface area (Å²) >= 11 is 5.65. The highest BCUT2D eigenvalue weighted by atomic mass is 35.5. The van der Waals surface area contributed by atoms with Crippen LogP contribution in [0.1, 0.15) is 5.56 Å². The van der Waals surface area contributed by atoms with E-state index in [0.29, 0.717) is 16.3 Å². The lowest BCUT2D eigenvalue weighted by molar-refractivity contribution is 1.33. The summed E-state index contributed by atoms with van der Waals surface area (Å²) in [5.74, 6) is 5.14. The Kier molecular flexibility index (Phi) is 2.32. The van der Waals surface area contributed by atoms with Crippen LogP contribution >= 0.6 is 11.6 Å². The van der Waals surface area contributed by atoms with Crippen LogP contribution in [0.4, 0.5) is 5.69 Å². The molecule has 0 aromatic heterocycles. The Morgan fingerprint density at radius 1 is 1.55 bits per heavy atom. The molecule has 11 heavy (non-hydrogen) atoms. The van der Waals surface area contributed by atoms with Crippen molar-refractivity contribution in [2.75, 3.05) is 5.43 Å². The lowest BCUT2D eigenvalue weighted by Gasteiger charge is -2.01. The van der Waals surface area contributed by atoms with Crippen molar-refractivity contribution in [3.05, 3.63) is 28.8 Å². The first kappa shape index (κ1) is 7.86. The van der Waals surface area contributed by atoms with Gasteiger partial charge in [-0.25, -0.2) is 0 Å². The highest BCUT2D eigenvalue weighted by molar-refractivity contribution is 6.30. The van der Waals surface area contributed by atoms with Crippen molar-refractivity contribution in [1.29, 1.82) is 5.26 Å². The number of benzene rings is 1. The van der Waals surface area contributed by atoms with Gasteiger partial charge >= 0.3 is 0 Å². The average molecular weight is 168 g/mol. The zero-order valence-electron chi connectivity index (χ0n) is 5.63. The molecule has 0 saturated heterocycles. The van der Waals surface area contributed by atoms with Crippen LogP contribution in [0, 0.1) is 11.3 Å². The molecular formula is C7H6ClN3. The molecule has 0 aliphatic rings. The van der Waals surface area contributed by atoms with Crippen LogP contribution in [-0.2, 0) is 0 Å². The zero-order chi connectivity index (χ0) is 8.27. The molecule has 0 aliphatic heterocycles. The SMILES string of the molecule is N#Cc1ccc(Cl)cc1NN. The van der Waals surface area contributed by atoms with E-state index in [4.69, 9.17) is 22.7 Å². The van der Waals surface area contributed by atoms with E-state index in [0.717, 1.165) is 0 Å². The second-order valence-corrected chi connectivity index (χ2v) is 2.38. The summed E-state index contributed by atoms with van der Waals surface area (Å²) in [7, 11) is 0. The van der Waals surface area contributed by atoms with Crippen molar-refractivity contribution in [2.45, 2.75) is 0 Å². The maximum atomic E-state index is 8.55. The third-order valence-corrected chi connectivity index (χ3v) is 1.49. The van der Waals surface area contributed by atoms with Gasteiger partial charge in [0.1, 0.15) is 6.07 Å². The summed E-state index contributed by atoms with van der Waals surface area (Å²) in [6.45, 7) is 0. The highest BCUT2D eigenvalue weighted by Gasteiger charge is 1.99. The molecule has 0 amide bonds.